The monoisotopic (exact) mass is 318 g/mol. The quantitative estimate of drug-likeness (QED) is 0.938. The lowest BCUT2D eigenvalue weighted by Crippen LogP contribution is -2.49. The maximum Gasteiger partial charge on any atom is 0.237 e. The molecule has 0 aliphatic carbocycles. The molecule has 2 heterocycles. The minimum atomic E-state index is -0.185. The van der Waals surface area contributed by atoms with Crippen molar-refractivity contribution < 1.29 is 4.79 Å². The number of amides is 1. The van der Waals surface area contributed by atoms with E-state index in [1.54, 1.807) is 13.2 Å². The molecule has 1 aliphatic heterocycles. The standard InChI is InChI=1S/C16H19ClN4O/c1-18-16(22)13-7-11-5-3-4-6-12(11)9-21(13)10-15-19-8-14(17)20(15)2/h3-6,8,13H,7,9-10H2,1-2H3,(H,18,22). The highest BCUT2D eigenvalue weighted by Gasteiger charge is 2.31. The highest BCUT2D eigenvalue weighted by Crippen LogP contribution is 2.25. The van der Waals surface area contributed by atoms with E-state index in [1.165, 1.54) is 11.1 Å². The summed E-state index contributed by atoms with van der Waals surface area (Å²) in [6.07, 6.45) is 2.36. The van der Waals surface area contributed by atoms with Crippen molar-refractivity contribution in [2.24, 2.45) is 7.05 Å². The lowest BCUT2D eigenvalue weighted by atomic mass is 9.93. The Morgan fingerprint density at radius 1 is 1.41 bits per heavy atom. The number of halogens is 1. The maximum absolute atomic E-state index is 12.3. The topological polar surface area (TPSA) is 50.2 Å². The molecule has 116 valence electrons. The Balaban J connectivity index is 1.89. The number of hydrogen-bond donors (Lipinski definition) is 1. The van der Waals surface area contributed by atoms with Crippen LogP contribution < -0.4 is 5.32 Å². The highest BCUT2D eigenvalue weighted by molar-refractivity contribution is 6.29. The van der Waals surface area contributed by atoms with Crippen LogP contribution in [0.4, 0.5) is 0 Å². The van der Waals surface area contributed by atoms with Crippen LogP contribution in [0.1, 0.15) is 17.0 Å². The summed E-state index contributed by atoms with van der Waals surface area (Å²) in [6, 6.07) is 8.09. The van der Waals surface area contributed by atoms with Crippen molar-refractivity contribution in [1.29, 1.82) is 0 Å². The zero-order valence-electron chi connectivity index (χ0n) is 12.7. The first kappa shape index (κ1) is 15.1. The van der Waals surface area contributed by atoms with Gasteiger partial charge in [0.15, 0.2) is 0 Å². The van der Waals surface area contributed by atoms with Gasteiger partial charge >= 0.3 is 0 Å². The molecule has 1 N–H and O–H groups in total. The van der Waals surface area contributed by atoms with Crippen LogP contribution in [0.3, 0.4) is 0 Å². The van der Waals surface area contributed by atoms with Crippen LogP contribution in [-0.4, -0.2) is 33.4 Å². The number of carbonyl (C=O) groups excluding carboxylic acids is 1. The Hall–Kier alpha value is -1.85. The van der Waals surface area contributed by atoms with Crippen LogP contribution in [0.15, 0.2) is 30.5 Å². The van der Waals surface area contributed by atoms with Gasteiger partial charge in [-0.1, -0.05) is 35.9 Å². The second kappa shape index (κ2) is 6.10. The Kier molecular flexibility index (Phi) is 4.18. The fourth-order valence-corrected chi connectivity index (χ4v) is 3.07. The van der Waals surface area contributed by atoms with Gasteiger partial charge in [0, 0.05) is 20.6 Å². The van der Waals surface area contributed by atoms with Gasteiger partial charge in [0.05, 0.1) is 18.8 Å². The molecule has 0 bridgehead atoms. The highest BCUT2D eigenvalue weighted by atomic mass is 35.5. The van der Waals surface area contributed by atoms with Crippen molar-refractivity contribution in [3.05, 3.63) is 52.6 Å². The van der Waals surface area contributed by atoms with Crippen LogP contribution in [0, 0.1) is 0 Å². The number of nitrogens with zero attached hydrogens (tertiary/aromatic N) is 3. The summed E-state index contributed by atoms with van der Waals surface area (Å²) in [5, 5.41) is 3.37. The van der Waals surface area contributed by atoms with E-state index in [2.05, 4.69) is 27.3 Å². The molecule has 1 aromatic heterocycles. The van der Waals surface area contributed by atoms with E-state index in [4.69, 9.17) is 11.6 Å². The number of rotatable bonds is 3. The Bertz CT molecular complexity index is 697. The van der Waals surface area contributed by atoms with Crippen LogP contribution in [0.5, 0.6) is 0 Å². The molecule has 0 saturated carbocycles. The molecule has 0 saturated heterocycles. The van der Waals surface area contributed by atoms with Crippen LogP contribution in [0.25, 0.3) is 0 Å². The number of nitrogens with one attached hydrogen (secondary N) is 1. The molecule has 1 aliphatic rings. The predicted molar refractivity (Wildman–Crippen MR) is 85.5 cm³/mol. The average Bonchev–Trinajstić information content (AvgIpc) is 2.85. The number of carbonyl (C=O) groups is 1. The van der Waals surface area contributed by atoms with Gasteiger partial charge in [-0.3, -0.25) is 9.69 Å². The van der Waals surface area contributed by atoms with E-state index in [-0.39, 0.29) is 11.9 Å². The zero-order valence-corrected chi connectivity index (χ0v) is 13.5. The first-order valence-electron chi connectivity index (χ1n) is 7.28. The Morgan fingerprint density at radius 2 is 2.14 bits per heavy atom. The van der Waals surface area contributed by atoms with Crippen molar-refractivity contribution >= 4 is 17.5 Å². The van der Waals surface area contributed by atoms with Crippen molar-refractivity contribution in [3.8, 4) is 0 Å². The molecule has 22 heavy (non-hydrogen) atoms. The van der Waals surface area contributed by atoms with Gasteiger partial charge in [0.25, 0.3) is 0 Å². The van der Waals surface area contributed by atoms with E-state index in [0.717, 1.165) is 12.4 Å². The van der Waals surface area contributed by atoms with Gasteiger partial charge in [-0.05, 0) is 17.5 Å². The van der Waals surface area contributed by atoms with Crippen molar-refractivity contribution in [2.45, 2.75) is 25.6 Å². The third kappa shape index (κ3) is 2.74. The van der Waals surface area contributed by atoms with Crippen molar-refractivity contribution in [1.82, 2.24) is 19.8 Å². The molecular weight excluding hydrogens is 300 g/mol. The minimum absolute atomic E-state index is 0.0369. The minimum Gasteiger partial charge on any atom is -0.358 e. The molecule has 1 amide bonds. The van der Waals surface area contributed by atoms with Crippen LogP contribution >= 0.6 is 11.6 Å². The van der Waals surface area contributed by atoms with Gasteiger partial charge in [0.1, 0.15) is 11.0 Å². The van der Waals surface area contributed by atoms with E-state index in [9.17, 15) is 4.79 Å². The van der Waals surface area contributed by atoms with E-state index in [0.29, 0.717) is 18.1 Å². The number of likely N-dealkylation sites (N-methyl/N-ethyl adjacent to an activating group) is 1. The fraction of sp³-hybridized carbons (Fsp3) is 0.375. The zero-order chi connectivity index (χ0) is 15.7. The summed E-state index contributed by atoms with van der Waals surface area (Å²) < 4.78 is 1.85. The predicted octanol–water partition coefficient (Wildman–Crippen LogP) is 1.75. The van der Waals surface area contributed by atoms with E-state index < -0.39 is 0 Å². The Morgan fingerprint density at radius 3 is 2.77 bits per heavy atom. The molecule has 0 spiro atoms. The third-order valence-corrected chi connectivity index (χ3v) is 4.62. The van der Waals surface area contributed by atoms with Gasteiger partial charge in [-0.25, -0.2) is 4.98 Å². The lowest BCUT2D eigenvalue weighted by Gasteiger charge is -2.35. The number of imidazole rings is 1. The number of benzene rings is 1. The molecule has 5 nitrogen and oxygen atoms in total. The molecule has 1 unspecified atom stereocenters. The van der Waals surface area contributed by atoms with Crippen molar-refractivity contribution in [3.63, 3.8) is 0 Å². The van der Waals surface area contributed by atoms with Gasteiger partial charge in [-0.15, -0.1) is 0 Å². The summed E-state index contributed by atoms with van der Waals surface area (Å²) >= 11 is 6.06. The normalized spacial score (nSPS) is 18.0. The molecular formula is C16H19ClN4O. The summed E-state index contributed by atoms with van der Waals surface area (Å²) in [4.78, 5) is 18.8. The van der Waals surface area contributed by atoms with E-state index in [1.807, 2.05) is 23.7 Å². The molecule has 3 rings (SSSR count). The fourth-order valence-electron chi connectivity index (χ4n) is 2.92. The first-order valence-corrected chi connectivity index (χ1v) is 7.66. The van der Waals surface area contributed by atoms with Crippen LogP contribution in [-0.2, 0) is 31.4 Å². The third-order valence-electron chi connectivity index (χ3n) is 4.27. The first-order chi connectivity index (χ1) is 10.6. The number of fused-ring (bicyclic) bond motifs is 1. The second-order valence-electron chi connectivity index (χ2n) is 5.56. The molecule has 1 aromatic carbocycles. The summed E-state index contributed by atoms with van der Waals surface area (Å²) in [7, 11) is 3.57. The summed E-state index contributed by atoms with van der Waals surface area (Å²) in [5.74, 6) is 0.896. The molecule has 6 heteroatoms. The SMILES string of the molecule is CNC(=O)C1Cc2ccccc2CN1Cc1ncc(Cl)n1C. The molecule has 2 aromatic rings. The molecule has 0 radical (unpaired) electrons. The average molecular weight is 319 g/mol. The second-order valence-corrected chi connectivity index (χ2v) is 5.95. The number of hydrogen-bond acceptors (Lipinski definition) is 3. The van der Waals surface area contributed by atoms with Gasteiger partial charge in [0.2, 0.25) is 5.91 Å². The smallest absolute Gasteiger partial charge is 0.237 e. The summed E-state index contributed by atoms with van der Waals surface area (Å²) in [5.41, 5.74) is 2.51. The molecule has 1 atom stereocenters. The number of aromatic nitrogens is 2. The lowest BCUT2D eigenvalue weighted by molar-refractivity contribution is -0.126. The van der Waals surface area contributed by atoms with E-state index >= 15 is 0 Å². The van der Waals surface area contributed by atoms with Crippen molar-refractivity contribution in [2.75, 3.05) is 7.05 Å². The van der Waals surface area contributed by atoms with Crippen LogP contribution in [0.2, 0.25) is 5.15 Å². The Labute approximate surface area is 134 Å². The van der Waals surface area contributed by atoms with Gasteiger partial charge in [-0.2, -0.15) is 0 Å². The molecule has 0 fully saturated rings. The van der Waals surface area contributed by atoms with Gasteiger partial charge < -0.3 is 9.88 Å². The summed E-state index contributed by atoms with van der Waals surface area (Å²) in [6.45, 7) is 1.33. The maximum atomic E-state index is 12.3. The largest absolute Gasteiger partial charge is 0.358 e.